The van der Waals surface area contributed by atoms with Gasteiger partial charge in [0.25, 0.3) is 0 Å². The minimum Gasteiger partial charge on any atom is -0.507 e. The number of ketones is 1. The van der Waals surface area contributed by atoms with Gasteiger partial charge in [0.1, 0.15) is 28.6 Å². The second-order valence-corrected chi connectivity index (χ2v) is 10.7. The summed E-state index contributed by atoms with van der Waals surface area (Å²) in [5.41, 5.74) is 1.44. The predicted molar refractivity (Wildman–Crippen MR) is 145 cm³/mol. The van der Waals surface area contributed by atoms with Crippen LogP contribution in [0.15, 0.2) is 77.8 Å². The van der Waals surface area contributed by atoms with Crippen LogP contribution < -0.4 is 4.74 Å². The number of halogens is 4. The summed E-state index contributed by atoms with van der Waals surface area (Å²) in [6.07, 6.45) is 1.64. The van der Waals surface area contributed by atoms with Crippen LogP contribution in [0.1, 0.15) is 21.5 Å². The number of aromatic hydroxyl groups is 2. The van der Waals surface area contributed by atoms with Crippen LogP contribution in [0.2, 0.25) is 0 Å². The van der Waals surface area contributed by atoms with Crippen molar-refractivity contribution >= 4 is 87.1 Å². The summed E-state index contributed by atoms with van der Waals surface area (Å²) in [6.45, 7) is 0. The Morgan fingerprint density at radius 3 is 2.20 bits per heavy atom. The maximum Gasteiger partial charge on any atom is 0.348 e. The molecule has 35 heavy (non-hydrogen) atoms. The zero-order valence-electron chi connectivity index (χ0n) is 17.7. The fourth-order valence-corrected chi connectivity index (χ4v) is 5.57. The highest BCUT2D eigenvalue weighted by molar-refractivity contribution is 9.11. The average molecular weight is 730 g/mol. The third-order valence-electron chi connectivity index (χ3n) is 5.12. The summed E-state index contributed by atoms with van der Waals surface area (Å²) in [6, 6.07) is 12.8. The minimum atomic E-state index is -0.812. The van der Waals surface area contributed by atoms with Crippen LogP contribution in [0.3, 0.4) is 0 Å². The molecule has 10 heteroatoms. The Balaban J connectivity index is 1.93. The number of rotatable bonds is 5. The second-order valence-electron chi connectivity index (χ2n) is 7.33. The Morgan fingerprint density at radius 1 is 0.914 bits per heavy atom. The zero-order chi connectivity index (χ0) is 25.4. The van der Waals surface area contributed by atoms with Gasteiger partial charge in [0.2, 0.25) is 5.78 Å². The van der Waals surface area contributed by atoms with Crippen molar-refractivity contribution in [3.05, 3.63) is 94.4 Å². The topological polar surface area (TPSA) is 93.1 Å². The monoisotopic (exact) mass is 726 g/mol. The smallest absolute Gasteiger partial charge is 0.348 e. The molecule has 0 amide bonds. The number of methoxy groups -OCH3 is 1. The van der Waals surface area contributed by atoms with Gasteiger partial charge in [0.15, 0.2) is 0 Å². The van der Waals surface area contributed by atoms with Crippen molar-refractivity contribution in [2.75, 3.05) is 7.11 Å². The molecule has 0 bridgehead atoms. The van der Waals surface area contributed by atoms with E-state index in [0.717, 1.165) is 0 Å². The number of hydrogen-bond acceptors (Lipinski definition) is 6. The van der Waals surface area contributed by atoms with E-state index < -0.39 is 11.8 Å². The lowest BCUT2D eigenvalue weighted by molar-refractivity contribution is -0.132. The Bertz CT molecular complexity index is 1440. The maximum atomic E-state index is 13.5. The summed E-state index contributed by atoms with van der Waals surface area (Å²) in [5, 5.41) is 20.0. The van der Waals surface area contributed by atoms with Gasteiger partial charge < -0.3 is 19.7 Å². The fraction of sp³-hybridized carbons (Fsp3) is 0.0400. The highest BCUT2D eigenvalue weighted by Crippen LogP contribution is 2.41. The molecule has 0 unspecified atom stereocenters. The van der Waals surface area contributed by atoms with Crippen molar-refractivity contribution in [3.63, 3.8) is 0 Å². The summed E-state index contributed by atoms with van der Waals surface area (Å²) in [5.74, 6) is -0.664. The van der Waals surface area contributed by atoms with Crippen molar-refractivity contribution in [2.24, 2.45) is 0 Å². The number of Topliss-reactive ketones (excluding diaryl/α,β-unsaturated/α-hetero) is 1. The predicted octanol–water partition coefficient (Wildman–Crippen LogP) is 7.39. The molecule has 0 aliphatic carbocycles. The molecule has 0 saturated heterocycles. The third kappa shape index (κ3) is 5.11. The number of esters is 1. The molecule has 1 aliphatic rings. The molecule has 0 atom stereocenters. The molecule has 0 fully saturated rings. The standard InChI is InChI=1S/C25H14Br4O6/c1-34-19-5-2-11(6-15(19)27)7-20-21(12-3-4-18(30)14(26)8-12)22(25(33)35-20)23(31)13-9-16(28)24(32)17(29)10-13/h2-10,30,32H,1H3/b20-7+. The minimum absolute atomic E-state index is 0.00322. The van der Waals surface area contributed by atoms with E-state index in [2.05, 4.69) is 63.7 Å². The molecule has 0 radical (unpaired) electrons. The number of hydrogen-bond donors (Lipinski definition) is 2. The van der Waals surface area contributed by atoms with Crippen molar-refractivity contribution in [3.8, 4) is 17.2 Å². The molecular weight excluding hydrogens is 716 g/mol. The number of allylic oxidation sites excluding steroid dienone is 1. The summed E-state index contributed by atoms with van der Waals surface area (Å²) < 4.78 is 12.5. The molecule has 178 valence electrons. The molecular formula is C25H14Br4O6. The Labute approximate surface area is 233 Å². The fourth-order valence-electron chi connectivity index (χ4n) is 3.45. The highest BCUT2D eigenvalue weighted by Gasteiger charge is 2.36. The van der Waals surface area contributed by atoms with E-state index in [0.29, 0.717) is 25.8 Å². The summed E-state index contributed by atoms with van der Waals surface area (Å²) in [4.78, 5) is 26.6. The first-order chi connectivity index (χ1) is 16.6. The van der Waals surface area contributed by atoms with Crippen molar-refractivity contribution in [1.82, 2.24) is 0 Å². The van der Waals surface area contributed by atoms with Crippen LogP contribution >= 0.6 is 63.7 Å². The lowest BCUT2D eigenvalue weighted by Crippen LogP contribution is -2.11. The Kier molecular flexibility index (Phi) is 7.56. The molecule has 4 rings (SSSR count). The van der Waals surface area contributed by atoms with E-state index in [4.69, 9.17) is 9.47 Å². The van der Waals surface area contributed by atoms with E-state index in [1.54, 1.807) is 43.5 Å². The van der Waals surface area contributed by atoms with E-state index in [9.17, 15) is 19.8 Å². The van der Waals surface area contributed by atoms with Gasteiger partial charge in [-0.2, -0.15) is 0 Å². The quantitative estimate of drug-likeness (QED) is 0.162. The van der Waals surface area contributed by atoms with Crippen LogP contribution in [0, 0.1) is 0 Å². The van der Waals surface area contributed by atoms with E-state index in [-0.39, 0.29) is 42.9 Å². The number of carbonyl (C=O) groups excluding carboxylic acids is 2. The first kappa shape index (κ1) is 25.7. The van der Waals surface area contributed by atoms with Crippen LogP contribution in [-0.2, 0) is 9.53 Å². The van der Waals surface area contributed by atoms with Gasteiger partial charge in [-0.1, -0.05) is 12.1 Å². The molecule has 1 heterocycles. The molecule has 1 aliphatic heterocycles. The first-order valence-corrected chi connectivity index (χ1v) is 13.0. The van der Waals surface area contributed by atoms with Crippen molar-refractivity contribution in [2.45, 2.75) is 0 Å². The third-order valence-corrected chi connectivity index (χ3v) is 7.58. The number of cyclic esters (lactones) is 1. The lowest BCUT2D eigenvalue weighted by Gasteiger charge is -2.09. The Hall–Kier alpha value is -2.40. The second kappa shape index (κ2) is 10.3. The molecule has 2 N–H and O–H groups in total. The lowest BCUT2D eigenvalue weighted by atomic mass is 9.93. The first-order valence-electron chi connectivity index (χ1n) is 9.84. The maximum absolute atomic E-state index is 13.5. The van der Waals surface area contributed by atoms with Gasteiger partial charge in [-0.05, 0) is 117 Å². The van der Waals surface area contributed by atoms with Crippen LogP contribution in [0.5, 0.6) is 17.2 Å². The van der Waals surface area contributed by atoms with Crippen molar-refractivity contribution in [1.29, 1.82) is 0 Å². The zero-order valence-corrected chi connectivity index (χ0v) is 24.1. The van der Waals surface area contributed by atoms with Crippen LogP contribution in [0.25, 0.3) is 11.6 Å². The van der Waals surface area contributed by atoms with Gasteiger partial charge in [-0.3, -0.25) is 4.79 Å². The van der Waals surface area contributed by atoms with E-state index >= 15 is 0 Å². The number of benzene rings is 3. The van der Waals surface area contributed by atoms with Gasteiger partial charge in [-0.15, -0.1) is 0 Å². The molecule has 0 saturated carbocycles. The summed E-state index contributed by atoms with van der Waals surface area (Å²) >= 11 is 13.2. The number of phenols is 2. The average Bonchev–Trinajstić information content (AvgIpc) is 3.13. The molecule has 6 nitrogen and oxygen atoms in total. The number of carbonyl (C=O) groups is 2. The SMILES string of the molecule is COc1ccc(/C=C2/OC(=O)C(C(=O)c3cc(Br)c(O)c(Br)c3)=C2c2ccc(O)c(Br)c2)cc1Br. The van der Waals surface area contributed by atoms with Crippen LogP contribution in [-0.4, -0.2) is 29.1 Å². The van der Waals surface area contributed by atoms with E-state index in [1.165, 1.54) is 18.2 Å². The Morgan fingerprint density at radius 2 is 1.60 bits per heavy atom. The van der Waals surface area contributed by atoms with Crippen LogP contribution in [0.4, 0.5) is 0 Å². The summed E-state index contributed by atoms with van der Waals surface area (Å²) in [7, 11) is 1.55. The highest BCUT2D eigenvalue weighted by atomic mass is 79.9. The molecule has 3 aromatic carbocycles. The van der Waals surface area contributed by atoms with E-state index in [1.807, 2.05) is 0 Å². The molecule has 0 aromatic heterocycles. The van der Waals surface area contributed by atoms with Gasteiger partial charge in [0.05, 0.1) is 25.0 Å². The largest absolute Gasteiger partial charge is 0.507 e. The van der Waals surface area contributed by atoms with Gasteiger partial charge in [0, 0.05) is 11.1 Å². The molecule has 3 aromatic rings. The molecule has 0 spiro atoms. The van der Waals surface area contributed by atoms with Crippen molar-refractivity contribution < 1.29 is 29.3 Å². The normalized spacial score (nSPS) is 14.4. The number of phenolic OH excluding ortho intramolecular Hbond substituents is 2. The van der Waals surface area contributed by atoms with Gasteiger partial charge >= 0.3 is 5.97 Å². The van der Waals surface area contributed by atoms with Gasteiger partial charge in [-0.25, -0.2) is 4.79 Å². The number of ether oxygens (including phenoxy) is 2.